The van der Waals surface area contributed by atoms with Gasteiger partial charge in [-0.15, -0.1) is 0 Å². The molecule has 20 heavy (non-hydrogen) atoms. The van der Waals surface area contributed by atoms with Gasteiger partial charge in [-0.25, -0.2) is 0 Å². The highest BCUT2D eigenvalue weighted by Gasteiger charge is 2.59. The molecule has 0 fully saturated rings. The lowest BCUT2D eigenvalue weighted by Gasteiger charge is -2.29. The molecule has 0 spiro atoms. The number of hydrogen-bond donors (Lipinski definition) is 1. The molecule has 2 atom stereocenters. The molecule has 1 heterocycles. The van der Waals surface area contributed by atoms with Gasteiger partial charge in [-0.05, 0) is 13.0 Å². The summed E-state index contributed by atoms with van der Waals surface area (Å²) in [5, 5.41) is 0. The summed E-state index contributed by atoms with van der Waals surface area (Å²) in [5.41, 5.74) is 5.46. The van der Waals surface area contributed by atoms with Crippen LogP contribution in [-0.2, 0) is 4.74 Å². The summed E-state index contributed by atoms with van der Waals surface area (Å²) in [6.45, 7) is 1.25. The van der Waals surface area contributed by atoms with Crippen LogP contribution >= 0.6 is 0 Å². The van der Waals surface area contributed by atoms with Gasteiger partial charge in [-0.2, -0.15) is 26.3 Å². The Morgan fingerprint density at radius 3 is 2.05 bits per heavy atom. The van der Waals surface area contributed by atoms with Crippen LogP contribution in [0.5, 0.6) is 0 Å². The predicted octanol–water partition coefficient (Wildman–Crippen LogP) is 2.98. The summed E-state index contributed by atoms with van der Waals surface area (Å²) < 4.78 is 78.9. The van der Waals surface area contributed by atoms with E-state index in [4.69, 9.17) is 5.73 Å². The lowest BCUT2D eigenvalue weighted by Crippen LogP contribution is -2.47. The fourth-order valence-corrected chi connectivity index (χ4v) is 1.54. The molecule has 1 aromatic heterocycles. The molecular formula is C11H12F6N2O. The molecule has 3 nitrogen and oxygen atoms in total. The molecule has 0 radical (unpaired) electrons. The Morgan fingerprint density at radius 1 is 1.15 bits per heavy atom. The molecule has 0 saturated carbocycles. The summed E-state index contributed by atoms with van der Waals surface area (Å²) in [4.78, 5) is 3.62. The van der Waals surface area contributed by atoms with Crippen molar-refractivity contribution >= 4 is 0 Å². The maximum absolute atomic E-state index is 12.5. The Bertz CT molecular complexity index is 403. The molecule has 114 valence electrons. The third-order valence-electron chi connectivity index (χ3n) is 2.37. The van der Waals surface area contributed by atoms with E-state index in [2.05, 4.69) is 9.72 Å². The van der Waals surface area contributed by atoms with Crippen LogP contribution in [0.15, 0.2) is 24.5 Å². The van der Waals surface area contributed by atoms with Crippen LogP contribution in [0.1, 0.15) is 18.6 Å². The topological polar surface area (TPSA) is 48.1 Å². The van der Waals surface area contributed by atoms with E-state index >= 15 is 0 Å². The minimum Gasteiger partial charge on any atom is -0.351 e. The highest BCUT2D eigenvalue weighted by Crippen LogP contribution is 2.39. The minimum atomic E-state index is -5.58. The van der Waals surface area contributed by atoms with Crippen molar-refractivity contribution in [1.29, 1.82) is 0 Å². The van der Waals surface area contributed by atoms with E-state index in [9.17, 15) is 26.3 Å². The molecule has 2 N–H and O–H groups in total. The lowest BCUT2D eigenvalue weighted by molar-refractivity contribution is -0.333. The largest absolute Gasteiger partial charge is 0.423 e. The number of nitrogens with zero attached hydrogens (tertiary/aromatic N) is 1. The Hall–Kier alpha value is -1.35. The molecule has 1 aromatic rings. The van der Waals surface area contributed by atoms with E-state index in [0.29, 0.717) is 0 Å². The molecule has 0 bridgehead atoms. The Labute approximate surface area is 110 Å². The molecule has 2 unspecified atom stereocenters. The second-order valence-electron chi connectivity index (χ2n) is 4.17. The van der Waals surface area contributed by atoms with Crippen LogP contribution < -0.4 is 5.73 Å². The van der Waals surface area contributed by atoms with Crippen molar-refractivity contribution in [1.82, 2.24) is 4.98 Å². The number of halogens is 6. The second-order valence-corrected chi connectivity index (χ2v) is 4.17. The van der Waals surface area contributed by atoms with Crippen LogP contribution in [-0.4, -0.2) is 29.5 Å². The van der Waals surface area contributed by atoms with Gasteiger partial charge in [-0.3, -0.25) is 4.98 Å². The maximum atomic E-state index is 12.5. The third-order valence-corrected chi connectivity index (χ3v) is 2.37. The standard InChI is InChI=1S/C11H12F6N2O/c1-6(18)8(7-3-2-4-19-5-7)20-9(10(12,13)14)11(15,16)17/h2-6,8-9H,18H2,1H3. The molecular weight excluding hydrogens is 290 g/mol. The van der Waals surface area contributed by atoms with Gasteiger partial charge in [0.1, 0.15) is 0 Å². The average molecular weight is 302 g/mol. The summed E-state index contributed by atoms with van der Waals surface area (Å²) in [7, 11) is 0. The maximum Gasteiger partial charge on any atom is 0.423 e. The second kappa shape index (κ2) is 5.96. The number of hydrogen-bond acceptors (Lipinski definition) is 3. The van der Waals surface area contributed by atoms with Crippen molar-refractivity contribution in [2.45, 2.75) is 37.5 Å². The van der Waals surface area contributed by atoms with E-state index in [0.717, 1.165) is 6.20 Å². The van der Waals surface area contributed by atoms with E-state index in [1.165, 1.54) is 25.3 Å². The molecule has 0 amide bonds. The molecule has 9 heteroatoms. The molecule has 1 rings (SSSR count). The predicted molar refractivity (Wildman–Crippen MR) is 57.6 cm³/mol. The first kappa shape index (κ1) is 16.7. The summed E-state index contributed by atoms with van der Waals surface area (Å²) in [6, 6.07) is 1.58. The van der Waals surface area contributed by atoms with Crippen molar-refractivity contribution in [3.05, 3.63) is 30.1 Å². The number of rotatable bonds is 4. The van der Waals surface area contributed by atoms with Gasteiger partial charge in [0.2, 0.25) is 6.10 Å². The van der Waals surface area contributed by atoms with Gasteiger partial charge < -0.3 is 10.5 Å². The van der Waals surface area contributed by atoms with Gasteiger partial charge in [0.05, 0.1) is 6.10 Å². The highest BCUT2D eigenvalue weighted by atomic mass is 19.4. The zero-order valence-electron chi connectivity index (χ0n) is 10.2. The summed E-state index contributed by atoms with van der Waals surface area (Å²) in [6.07, 6.45) is -14.2. The van der Waals surface area contributed by atoms with Gasteiger partial charge >= 0.3 is 12.4 Å². The first-order chi connectivity index (χ1) is 9.03. The number of ether oxygens (including phenoxy) is 1. The number of nitrogens with two attached hydrogens (primary N) is 1. The molecule has 0 saturated heterocycles. The van der Waals surface area contributed by atoms with Crippen LogP contribution in [0, 0.1) is 0 Å². The fraction of sp³-hybridized carbons (Fsp3) is 0.545. The number of alkyl halides is 6. The van der Waals surface area contributed by atoms with Crippen LogP contribution in [0.4, 0.5) is 26.3 Å². The Kier molecular flexibility index (Phi) is 4.98. The lowest BCUT2D eigenvalue weighted by atomic mass is 10.1. The monoisotopic (exact) mass is 302 g/mol. The third kappa shape index (κ3) is 4.34. The zero-order valence-corrected chi connectivity index (χ0v) is 10.2. The van der Waals surface area contributed by atoms with Gasteiger partial charge in [0, 0.05) is 24.0 Å². The smallest absolute Gasteiger partial charge is 0.351 e. The zero-order chi connectivity index (χ0) is 15.6. The number of aromatic nitrogens is 1. The Morgan fingerprint density at radius 2 is 1.70 bits per heavy atom. The van der Waals surface area contributed by atoms with Crippen LogP contribution in [0.25, 0.3) is 0 Å². The first-order valence-electron chi connectivity index (χ1n) is 5.48. The van der Waals surface area contributed by atoms with E-state index in [1.807, 2.05) is 0 Å². The van der Waals surface area contributed by atoms with E-state index < -0.39 is 30.6 Å². The minimum absolute atomic E-state index is 0.0426. The quantitative estimate of drug-likeness (QED) is 0.870. The highest BCUT2D eigenvalue weighted by molar-refractivity contribution is 5.14. The van der Waals surface area contributed by atoms with Crippen LogP contribution in [0.2, 0.25) is 0 Å². The van der Waals surface area contributed by atoms with E-state index in [-0.39, 0.29) is 5.56 Å². The fourth-order valence-electron chi connectivity index (χ4n) is 1.54. The van der Waals surface area contributed by atoms with Crippen molar-refractivity contribution in [3.8, 4) is 0 Å². The number of pyridine rings is 1. The van der Waals surface area contributed by atoms with Crippen LogP contribution in [0.3, 0.4) is 0 Å². The van der Waals surface area contributed by atoms with Crippen molar-refractivity contribution < 1.29 is 31.1 Å². The molecule has 0 aliphatic carbocycles. The first-order valence-corrected chi connectivity index (χ1v) is 5.48. The summed E-state index contributed by atoms with van der Waals surface area (Å²) in [5.74, 6) is 0. The van der Waals surface area contributed by atoms with Gasteiger partial charge in [-0.1, -0.05) is 6.07 Å². The van der Waals surface area contributed by atoms with Gasteiger partial charge in [0.25, 0.3) is 0 Å². The normalized spacial score (nSPS) is 16.2. The molecule has 0 aromatic carbocycles. The van der Waals surface area contributed by atoms with Crippen molar-refractivity contribution in [2.24, 2.45) is 5.73 Å². The molecule has 0 aliphatic rings. The SMILES string of the molecule is CC(N)C(OC(C(F)(F)F)C(F)(F)F)c1cccnc1. The van der Waals surface area contributed by atoms with E-state index in [1.54, 1.807) is 0 Å². The van der Waals surface area contributed by atoms with Crippen molar-refractivity contribution in [2.75, 3.05) is 0 Å². The summed E-state index contributed by atoms with van der Waals surface area (Å²) >= 11 is 0. The molecule has 0 aliphatic heterocycles. The average Bonchev–Trinajstić information content (AvgIpc) is 2.26. The van der Waals surface area contributed by atoms with Crippen molar-refractivity contribution in [3.63, 3.8) is 0 Å². The Balaban J connectivity index is 3.05. The van der Waals surface area contributed by atoms with Gasteiger partial charge in [0.15, 0.2) is 0 Å².